The Morgan fingerprint density at radius 1 is 1.36 bits per heavy atom. The van der Waals surface area contributed by atoms with Gasteiger partial charge in [0.2, 0.25) is 0 Å². The fourth-order valence-electron chi connectivity index (χ4n) is 1.36. The average Bonchev–Trinajstić information content (AvgIpc) is 2.02. The van der Waals surface area contributed by atoms with Crippen molar-refractivity contribution in [2.75, 3.05) is 5.73 Å². The molecular formula is C11H13NO2. The number of hydrogen-bond donors (Lipinski definition) is 2. The number of anilines is 1. The molecule has 14 heavy (non-hydrogen) atoms. The molecule has 0 amide bonds. The molecule has 3 heteroatoms. The zero-order chi connectivity index (χ0) is 10.7. The number of allylic oxidation sites excluding steroid dienone is 2. The standard InChI is InChI=1S/C11H13NO2/c1-7(13)11(8(2)14)9-4-3-5-10(12)6-9/h3-6,13H,12H2,1-2H3/b11-7+. The Morgan fingerprint density at radius 2 is 2.00 bits per heavy atom. The normalized spacial score (nSPS) is 12.1. The third kappa shape index (κ3) is 2.13. The summed E-state index contributed by atoms with van der Waals surface area (Å²) in [5.74, 6) is -0.154. The van der Waals surface area contributed by atoms with E-state index in [1.807, 2.05) is 0 Å². The second-order valence-corrected chi connectivity index (χ2v) is 3.14. The van der Waals surface area contributed by atoms with Crippen molar-refractivity contribution in [3.63, 3.8) is 0 Å². The van der Waals surface area contributed by atoms with E-state index in [0.717, 1.165) is 0 Å². The summed E-state index contributed by atoms with van der Waals surface area (Å²) in [4.78, 5) is 11.2. The highest BCUT2D eigenvalue weighted by Gasteiger charge is 2.10. The number of aliphatic hydroxyl groups excluding tert-OH is 1. The quantitative estimate of drug-likeness (QED) is 0.427. The van der Waals surface area contributed by atoms with E-state index in [0.29, 0.717) is 16.8 Å². The predicted octanol–water partition coefficient (Wildman–Crippen LogP) is 2.15. The second kappa shape index (κ2) is 3.96. The summed E-state index contributed by atoms with van der Waals surface area (Å²) >= 11 is 0. The van der Waals surface area contributed by atoms with Crippen LogP contribution in [0.4, 0.5) is 5.69 Å². The Balaban J connectivity index is 3.27. The lowest BCUT2D eigenvalue weighted by molar-refractivity contribution is -0.111. The van der Waals surface area contributed by atoms with Gasteiger partial charge in [0.05, 0.1) is 5.57 Å². The fourth-order valence-corrected chi connectivity index (χ4v) is 1.36. The van der Waals surface area contributed by atoms with E-state index in [9.17, 15) is 9.90 Å². The Hall–Kier alpha value is -1.77. The highest BCUT2D eigenvalue weighted by molar-refractivity contribution is 6.20. The molecule has 0 spiro atoms. The average molecular weight is 191 g/mol. The van der Waals surface area contributed by atoms with Crippen molar-refractivity contribution in [1.29, 1.82) is 0 Å². The molecule has 0 aliphatic heterocycles. The first kappa shape index (κ1) is 10.3. The lowest BCUT2D eigenvalue weighted by atomic mass is 10.0. The van der Waals surface area contributed by atoms with Crippen LogP contribution in [0, 0.1) is 0 Å². The van der Waals surface area contributed by atoms with Gasteiger partial charge in [0.25, 0.3) is 0 Å². The van der Waals surface area contributed by atoms with Gasteiger partial charge < -0.3 is 10.8 Å². The SMILES string of the molecule is CC(=O)/C(=C(/C)O)c1cccc(N)c1. The van der Waals surface area contributed by atoms with Gasteiger partial charge in [-0.25, -0.2) is 0 Å². The third-order valence-electron chi connectivity index (χ3n) is 1.89. The van der Waals surface area contributed by atoms with E-state index in [1.54, 1.807) is 24.3 Å². The molecule has 0 bridgehead atoms. The van der Waals surface area contributed by atoms with Crippen LogP contribution < -0.4 is 5.73 Å². The number of benzene rings is 1. The van der Waals surface area contributed by atoms with Gasteiger partial charge in [-0.3, -0.25) is 4.79 Å². The Morgan fingerprint density at radius 3 is 2.43 bits per heavy atom. The summed E-state index contributed by atoms with van der Waals surface area (Å²) in [6, 6.07) is 6.88. The predicted molar refractivity (Wildman–Crippen MR) is 56.8 cm³/mol. The molecule has 74 valence electrons. The molecule has 0 atom stereocenters. The monoisotopic (exact) mass is 191 g/mol. The minimum Gasteiger partial charge on any atom is -0.512 e. The van der Waals surface area contributed by atoms with Crippen molar-refractivity contribution in [2.24, 2.45) is 0 Å². The Bertz CT molecular complexity index is 390. The summed E-state index contributed by atoms with van der Waals surface area (Å²) < 4.78 is 0. The number of carbonyl (C=O) groups is 1. The molecule has 3 N–H and O–H groups in total. The van der Waals surface area contributed by atoms with Crippen LogP contribution in [0.1, 0.15) is 19.4 Å². The molecule has 0 saturated heterocycles. The summed E-state index contributed by atoms with van der Waals surface area (Å²) in [5, 5.41) is 9.34. The van der Waals surface area contributed by atoms with E-state index in [2.05, 4.69) is 0 Å². The van der Waals surface area contributed by atoms with Crippen molar-refractivity contribution in [2.45, 2.75) is 13.8 Å². The van der Waals surface area contributed by atoms with Gasteiger partial charge in [0.15, 0.2) is 5.78 Å². The number of Topliss-reactive ketones (excluding diaryl/α,β-unsaturated/α-hetero) is 1. The van der Waals surface area contributed by atoms with E-state index in [1.165, 1.54) is 13.8 Å². The number of ketones is 1. The minimum atomic E-state index is -0.171. The number of aliphatic hydroxyl groups is 1. The molecule has 0 radical (unpaired) electrons. The van der Waals surface area contributed by atoms with Gasteiger partial charge in [-0.15, -0.1) is 0 Å². The van der Waals surface area contributed by atoms with Crippen molar-refractivity contribution >= 4 is 17.0 Å². The molecule has 0 aromatic heterocycles. The van der Waals surface area contributed by atoms with Crippen molar-refractivity contribution in [3.8, 4) is 0 Å². The van der Waals surface area contributed by atoms with Gasteiger partial charge in [-0.1, -0.05) is 12.1 Å². The summed E-state index contributed by atoms with van der Waals surface area (Å²) in [6.07, 6.45) is 0. The van der Waals surface area contributed by atoms with Gasteiger partial charge in [0.1, 0.15) is 5.76 Å². The zero-order valence-corrected chi connectivity index (χ0v) is 8.24. The van der Waals surface area contributed by atoms with Crippen LogP contribution in [0.15, 0.2) is 30.0 Å². The van der Waals surface area contributed by atoms with Crippen LogP contribution in [0.25, 0.3) is 5.57 Å². The molecule has 0 unspecified atom stereocenters. The maximum absolute atomic E-state index is 11.2. The van der Waals surface area contributed by atoms with E-state index >= 15 is 0 Å². The highest BCUT2D eigenvalue weighted by Crippen LogP contribution is 2.20. The molecule has 0 fully saturated rings. The van der Waals surface area contributed by atoms with Crippen molar-refractivity contribution in [1.82, 2.24) is 0 Å². The van der Waals surface area contributed by atoms with Crippen LogP contribution in [0.5, 0.6) is 0 Å². The summed E-state index contributed by atoms with van der Waals surface area (Å²) in [6.45, 7) is 2.90. The molecule has 3 nitrogen and oxygen atoms in total. The van der Waals surface area contributed by atoms with Crippen LogP contribution in [0.2, 0.25) is 0 Å². The number of nitrogen functional groups attached to an aromatic ring is 1. The molecule has 1 rings (SSSR count). The first-order chi connectivity index (χ1) is 6.52. The first-order valence-corrected chi connectivity index (χ1v) is 4.29. The first-order valence-electron chi connectivity index (χ1n) is 4.29. The maximum Gasteiger partial charge on any atom is 0.163 e. The molecule has 0 saturated carbocycles. The number of nitrogens with two attached hydrogens (primary N) is 1. The van der Waals surface area contributed by atoms with Crippen LogP contribution >= 0.6 is 0 Å². The molecule has 0 aliphatic rings. The Kier molecular flexibility index (Phi) is 2.92. The molecular weight excluding hydrogens is 178 g/mol. The number of hydrogen-bond acceptors (Lipinski definition) is 3. The lowest BCUT2D eigenvalue weighted by Crippen LogP contribution is -2.00. The van der Waals surface area contributed by atoms with Crippen LogP contribution in [-0.2, 0) is 4.79 Å². The third-order valence-corrected chi connectivity index (χ3v) is 1.89. The van der Waals surface area contributed by atoms with E-state index in [4.69, 9.17) is 5.73 Å². The number of carbonyl (C=O) groups excluding carboxylic acids is 1. The molecule has 1 aromatic carbocycles. The van der Waals surface area contributed by atoms with Gasteiger partial charge >= 0.3 is 0 Å². The Labute approximate surface area is 82.9 Å². The van der Waals surface area contributed by atoms with Gasteiger partial charge in [-0.2, -0.15) is 0 Å². The van der Waals surface area contributed by atoms with E-state index in [-0.39, 0.29) is 11.5 Å². The molecule has 0 heterocycles. The van der Waals surface area contributed by atoms with Crippen LogP contribution in [0.3, 0.4) is 0 Å². The highest BCUT2D eigenvalue weighted by atomic mass is 16.3. The van der Waals surface area contributed by atoms with Crippen molar-refractivity contribution < 1.29 is 9.90 Å². The minimum absolute atomic E-state index is 0.0168. The number of rotatable bonds is 2. The topological polar surface area (TPSA) is 63.3 Å². The smallest absolute Gasteiger partial charge is 0.163 e. The lowest BCUT2D eigenvalue weighted by Gasteiger charge is -2.05. The fraction of sp³-hybridized carbons (Fsp3) is 0.182. The van der Waals surface area contributed by atoms with Crippen LogP contribution in [-0.4, -0.2) is 10.9 Å². The molecule has 0 aliphatic carbocycles. The van der Waals surface area contributed by atoms with E-state index < -0.39 is 0 Å². The largest absolute Gasteiger partial charge is 0.512 e. The van der Waals surface area contributed by atoms with Gasteiger partial charge in [0, 0.05) is 5.69 Å². The molecule has 1 aromatic rings. The zero-order valence-electron chi connectivity index (χ0n) is 8.24. The van der Waals surface area contributed by atoms with Crippen molar-refractivity contribution in [3.05, 3.63) is 35.6 Å². The summed E-state index contributed by atoms with van der Waals surface area (Å²) in [7, 11) is 0. The maximum atomic E-state index is 11.2. The van der Waals surface area contributed by atoms with Gasteiger partial charge in [-0.05, 0) is 31.5 Å². The summed E-state index contributed by atoms with van der Waals surface area (Å²) in [5.41, 5.74) is 7.12. The second-order valence-electron chi connectivity index (χ2n) is 3.14.